The Morgan fingerprint density at radius 3 is 3.06 bits per heavy atom. The molecule has 0 aromatic carbocycles. The molecule has 17 heavy (non-hydrogen) atoms. The number of likely N-dealkylation sites (tertiary alicyclic amines) is 1. The molecule has 0 radical (unpaired) electrons. The molecule has 1 fully saturated rings. The van der Waals surface area contributed by atoms with Crippen LogP contribution in [0.1, 0.15) is 32.3 Å². The van der Waals surface area contributed by atoms with E-state index in [9.17, 15) is 0 Å². The molecule has 0 N–H and O–H groups in total. The molecule has 0 saturated carbocycles. The van der Waals surface area contributed by atoms with Gasteiger partial charge in [0.2, 0.25) is 0 Å². The number of pyridine rings is 1. The molecule has 0 amide bonds. The van der Waals surface area contributed by atoms with Crippen LogP contribution >= 0.6 is 0 Å². The number of nitrogens with zero attached hydrogens (tertiary/aromatic N) is 3. The van der Waals surface area contributed by atoms with Gasteiger partial charge in [-0.2, -0.15) is 5.26 Å². The quantitative estimate of drug-likeness (QED) is 0.782. The van der Waals surface area contributed by atoms with Gasteiger partial charge in [-0.25, -0.2) is 0 Å². The summed E-state index contributed by atoms with van der Waals surface area (Å²) in [7, 11) is 0. The maximum atomic E-state index is 9.06. The normalized spacial score (nSPS) is 24.2. The second kappa shape index (κ2) is 4.85. The van der Waals surface area contributed by atoms with Gasteiger partial charge in [0.05, 0.1) is 12.0 Å². The zero-order valence-electron chi connectivity index (χ0n) is 10.6. The summed E-state index contributed by atoms with van der Waals surface area (Å²) < 4.78 is 0. The third kappa shape index (κ3) is 2.83. The van der Waals surface area contributed by atoms with Gasteiger partial charge in [-0.3, -0.25) is 9.88 Å². The van der Waals surface area contributed by atoms with Crippen LogP contribution in [0.3, 0.4) is 0 Å². The molecule has 0 aliphatic carbocycles. The summed E-state index contributed by atoms with van der Waals surface area (Å²) >= 11 is 0. The molecular weight excluding hydrogens is 210 g/mol. The lowest BCUT2D eigenvalue weighted by Gasteiger charge is -2.44. The second-order valence-electron chi connectivity index (χ2n) is 5.42. The summed E-state index contributed by atoms with van der Waals surface area (Å²) in [5.41, 5.74) is 1.41. The third-order valence-corrected chi connectivity index (χ3v) is 3.68. The molecule has 1 aliphatic heterocycles. The van der Waals surface area contributed by atoms with Crippen LogP contribution in [0.4, 0.5) is 0 Å². The van der Waals surface area contributed by atoms with Crippen LogP contribution in [0.5, 0.6) is 0 Å². The molecule has 0 bridgehead atoms. The maximum Gasteiger partial charge on any atom is 0.0669 e. The minimum Gasteiger partial charge on any atom is -0.293 e. The highest BCUT2D eigenvalue weighted by Gasteiger charge is 2.33. The Morgan fingerprint density at radius 1 is 1.59 bits per heavy atom. The van der Waals surface area contributed by atoms with Crippen molar-refractivity contribution in [2.45, 2.75) is 38.8 Å². The van der Waals surface area contributed by atoms with E-state index < -0.39 is 0 Å². The number of hydrogen-bond donors (Lipinski definition) is 0. The van der Waals surface area contributed by atoms with Crippen molar-refractivity contribution in [3.63, 3.8) is 0 Å². The van der Waals surface area contributed by atoms with E-state index in [0.717, 1.165) is 25.9 Å². The highest BCUT2D eigenvalue weighted by atomic mass is 15.2. The Balaban J connectivity index is 2.09. The zero-order valence-corrected chi connectivity index (χ0v) is 10.6. The summed E-state index contributed by atoms with van der Waals surface area (Å²) in [4.78, 5) is 6.55. The zero-order chi connectivity index (χ0) is 12.3. The monoisotopic (exact) mass is 229 g/mol. The van der Waals surface area contributed by atoms with Gasteiger partial charge in [-0.05, 0) is 38.3 Å². The average Bonchev–Trinajstić information content (AvgIpc) is 2.33. The SMILES string of the molecule is CC1(C)CCC(C#N)CN1Cc1cccnc1. The molecule has 1 unspecified atom stereocenters. The van der Waals surface area contributed by atoms with Crippen molar-refractivity contribution >= 4 is 0 Å². The molecule has 1 atom stereocenters. The van der Waals surface area contributed by atoms with Crippen LogP contribution in [-0.2, 0) is 6.54 Å². The Morgan fingerprint density at radius 2 is 2.41 bits per heavy atom. The summed E-state index contributed by atoms with van der Waals surface area (Å²) in [5, 5.41) is 9.06. The second-order valence-corrected chi connectivity index (χ2v) is 5.42. The van der Waals surface area contributed by atoms with Gasteiger partial charge >= 0.3 is 0 Å². The fourth-order valence-corrected chi connectivity index (χ4v) is 2.39. The van der Waals surface area contributed by atoms with Gasteiger partial charge in [0.25, 0.3) is 0 Å². The Kier molecular flexibility index (Phi) is 3.44. The van der Waals surface area contributed by atoms with Gasteiger partial charge in [-0.15, -0.1) is 0 Å². The first-order chi connectivity index (χ1) is 8.12. The molecule has 2 heterocycles. The summed E-state index contributed by atoms with van der Waals surface area (Å²) in [6.45, 7) is 6.28. The first-order valence-corrected chi connectivity index (χ1v) is 6.15. The van der Waals surface area contributed by atoms with Crippen LogP contribution in [0.15, 0.2) is 24.5 Å². The number of hydrogen-bond acceptors (Lipinski definition) is 3. The lowest BCUT2D eigenvalue weighted by atomic mass is 9.85. The number of piperidine rings is 1. The van der Waals surface area contributed by atoms with Crippen molar-refractivity contribution in [3.05, 3.63) is 30.1 Å². The summed E-state index contributed by atoms with van der Waals surface area (Å²) in [6, 6.07) is 6.46. The van der Waals surface area contributed by atoms with Crippen molar-refractivity contribution in [1.29, 1.82) is 5.26 Å². The van der Waals surface area contributed by atoms with Crippen LogP contribution in [0.2, 0.25) is 0 Å². The van der Waals surface area contributed by atoms with Crippen molar-refractivity contribution in [2.24, 2.45) is 5.92 Å². The van der Waals surface area contributed by atoms with E-state index >= 15 is 0 Å². The highest BCUT2D eigenvalue weighted by molar-refractivity contribution is 5.10. The fraction of sp³-hybridized carbons (Fsp3) is 0.571. The predicted molar refractivity (Wildman–Crippen MR) is 67.1 cm³/mol. The third-order valence-electron chi connectivity index (χ3n) is 3.68. The van der Waals surface area contributed by atoms with Crippen LogP contribution < -0.4 is 0 Å². The van der Waals surface area contributed by atoms with E-state index in [0.29, 0.717) is 0 Å². The van der Waals surface area contributed by atoms with Crippen molar-refractivity contribution in [3.8, 4) is 6.07 Å². The molecule has 0 spiro atoms. The fourth-order valence-electron chi connectivity index (χ4n) is 2.39. The predicted octanol–water partition coefficient (Wildman–Crippen LogP) is 2.60. The largest absolute Gasteiger partial charge is 0.293 e. The summed E-state index contributed by atoms with van der Waals surface area (Å²) in [6.07, 6.45) is 5.81. The summed E-state index contributed by atoms with van der Waals surface area (Å²) in [5.74, 6) is 0.180. The van der Waals surface area contributed by atoms with Gasteiger partial charge in [0.1, 0.15) is 0 Å². The Labute approximate surface area is 103 Å². The molecule has 1 aliphatic rings. The molecular formula is C14H19N3. The number of rotatable bonds is 2. The molecule has 3 heteroatoms. The number of nitriles is 1. The smallest absolute Gasteiger partial charge is 0.0669 e. The molecule has 2 rings (SSSR count). The molecule has 1 aromatic rings. The number of aromatic nitrogens is 1. The van der Waals surface area contributed by atoms with Crippen molar-refractivity contribution < 1.29 is 0 Å². The molecule has 3 nitrogen and oxygen atoms in total. The lowest BCUT2D eigenvalue weighted by molar-refractivity contribution is 0.0516. The van der Waals surface area contributed by atoms with E-state index in [-0.39, 0.29) is 11.5 Å². The van der Waals surface area contributed by atoms with Crippen LogP contribution in [-0.4, -0.2) is 22.0 Å². The van der Waals surface area contributed by atoms with E-state index in [1.165, 1.54) is 5.56 Å². The average molecular weight is 229 g/mol. The maximum absolute atomic E-state index is 9.06. The minimum absolute atomic E-state index is 0.180. The molecule has 90 valence electrons. The topological polar surface area (TPSA) is 39.9 Å². The Hall–Kier alpha value is -1.40. The molecule has 1 aromatic heterocycles. The van der Waals surface area contributed by atoms with Crippen LogP contribution in [0.25, 0.3) is 0 Å². The standard InChI is InChI=1S/C14H19N3/c1-14(2)6-5-12(8-15)10-17(14)11-13-4-3-7-16-9-13/h3-4,7,9,12H,5-6,10-11H2,1-2H3. The minimum atomic E-state index is 0.180. The highest BCUT2D eigenvalue weighted by Crippen LogP contribution is 2.31. The van der Waals surface area contributed by atoms with Gasteiger partial charge in [0.15, 0.2) is 0 Å². The van der Waals surface area contributed by atoms with Crippen molar-refractivity contribution in [1.82, 2.24) is 9.88 Å². The van der Waals surface area contributed by atoms with E-state index in [4.69, 9.17) is 5.26 Å². The van der Waals surface area contributed by atoms with E-state index in [2.05, 4.69) is 35.9 Å². The van der Waals surface area contributed by atoms with Crippen LogP contribution in [0, 0.1) is 17.2 Å². The van der Waals surface area contributed by atoms with Crippen molar-refractivity contribution in [2.75, 3.05) is 6.54 Å². The van der Waals surface area contributed by atoms with Gasteiger partial charge in [-0.1, -0.05) is 6.07 Å². The lowest BCUT2D eigenvalue weighted by Crippen LogP contribution is -2.49. The van der Waals surface area contributed by atoms with Gasteiger partial charge < -0.3 is 0 Å². The first-order valence-electron chi connectivity index (χ1n) is 6.15. The Bertz CT molecular complexity index is 405. The van der Waals surface area contributed by atoms with E-state index in [1.807, 2.05) is 12.3 Å². The molecule has 1 saturated heterocycles. The first kappa shape index (κ1) is 12.1. The van der Waals surface area contributed by atoms with Gasteiger partial charge in [0, 0.05) is 31.0 Å². The van der Waals surface area contributed by atoms with E-state index in [1.54, 1.807) is 6.20 Å².